The van der Waals surface area contributed by atoms with Crippen LogP contribution in [0.4, 0.5) is 11.6 Å². The van der Waals surface area contributed by atoms with Crippen LogP contribution in [0.1, 0.15) is 24.8 Å². The lowest BCUT2D eigenvalue weighted by molar-refractivity contribution is 0.573. The van der Waals surface area contributed by atoms with E-state index in [9.17, 15) is 0 Å². The maximum Gasteiger partial charge on any atom is 0.134 e. The van der Waals surface area contributed by atoms with Crippen LogP contribution in [0.3, 0.4) is 0 Å². The van der Waals surface area contributed by atoms with Crippen molar-refractivity contribution in [2.24, 2.45) is 0 Å². The number of piperidine rings is 1. The second-order valence-electron chi connectivity index (χ2n) is 7.68. The minimum Gasteiger partial charge on any atom is -0.366 e. The van der Waals surface area contributed by atoms with Gasteiger partial charge in [0.1, 0.15) is 18.0 Å². The molecule has 0 aliphatic carbocycles. The fourth-order valence-electron chi connectivity index (χ4n) is 3.93. The molecule has 156 valence electrons. The van der Waals surface area contributed by atoms with Crippen molar-refractivity contribution in [1.82, 2.24) is 24.7 Å². The number of hydrogen-bond acceptors (Lipinski definition) is 6. The monoisotopic (exact) mass is 411 g/mol. The van der Waals surface area contributed by atoms with E-state index in [2.05, 4.69) is 43.5 Å². The number of anilines is 2. The van der Waals surface area contributed by atoms with Crippen molar-refractivity contribution in [2.45, 2.75) is 25.8 Å². The van der Waals surface area contributed by atoms with Gasteiger partial charge in [-0.3, -0.25) is 4.98 Å². The molecule has 0 radical (unpaired) electrons. The van der Waals surface area contributed by atoms with Gasteiger partial charge in [0.2, 0.25) is 0 Å². The molecule has 1 saturated heterocycles. The zero-order valence-corrected chi connectivity index (χ0v) is 17.4. The number of aromatic nitrogens is 5. The number of nitrogens with zero attached hydrogens (tertiary/aromatic N) is 6. The molecule has 4 heterocycles. The summed E-state index contributed by atoms with van der Waals surface area (Å²) in [4.78, 5) is 15.4. The number of pyridine rings is 1. The quantitative estimate of drug-likeness (QED) is 0.509. The first-order valence-corrected chi connectivity index (χ1v) is 10.7. The number of para-hydroxylation sites is 1. The molecule has 0 amide bonds. The average molecular weight is 412 g/mol. The van der Waals surface area contributed by atoms with Gasteiger partial charge in [0.05, 0.1) is 11.4 Å². The van der Waals surface area contributed by atoms with Gasteiger partial charge in [0.25, 0.3) is 0 Å². The Morgan fingerprint density at radius 1 is 0.903 bits per heavy atom. The second-order valence-corrected chi connectivity index (χ2v) is 7.68. The average Bonchev–Trinajstić information content (AvgIpc) is 3.29. The molecule has 1 aliphatic rings. The van der Waals surface area contributed by atoms with Crippen LogP contribution in [0, 0.1) is 0 Å². The summed E-state index contributed by atoms with van der Waals surface area (Å²) in [7, 11) is 0. The summed E-state index contributed by atoms with van der Waals surface area (Å²) in [6, 6.07) is 16.2. The van der Waals surface area contributed by atoms with Crippen LogP contribution in [0.5, 0.6) is 0 Å². The minimum absolute atomic E-state index is 0.612. The SMILES string of the molecule is c1ccc(-n2cc(CNc3cc(N4CCCCC4)ncn3)c(-c3ccncc3)n2)cc1. The van der Waals surface area contributed by atoms with Crippen LogP contribution in [0.2, 0.25) is 0 Å². The van der Waals surface area contributed by atoms with Gasteiger partial charge >= 0.3 is 0 Å². The van der Waals surface area contributed by atoms with Gasteiger partial charge in [-0.25, -0.2) is 14.6 Å². The largest absolute Gasteiger partial charge is 0.366 e. The van der Waals surface area contributed by atoms with Crippen molar-refractivity contribution >= 4 is 11.6 Å². The summed E-state index contributed by atoms with van der Waals surface area (Å²) in [6.45, 7) is 2.74. The predicted octanol–water partition coefficient (Wildman–Crippen LogP) is 4.33. The number of hydrogen-bond donors (Lipinski definition) is 1. The Morgan fingerprint density at radius 3 is 2.52 bits per heavy atom. The third-order valence-electron chi connectivity index (χ3n) is 5.56. The van der Waals surface area contributed by atoms with Gasteiger partial charge in [0.15, 0.2) is 0 Å². The molecule has 31 heavy (non-hydrogen) atoms. The van der Waals surface area contributed by atoms with Gasteiger partial charge in [0, 0.05) is 55.4 Å². The van der Waals surface area contributed by atoms with Gasteiger partial charge in [-0.1, -0.05) is 18.2 Å². The third kappa shape index (κ3) is 4.40. The van der Waals surface area contributed by atoms with E-state index in [0.29, 0.717) is 6.54 Å². The van der Waals surface area contributed by atoms with E-state index in [1.807, 2.05) is 41.1 Å². The van der Waals surface area contributed by atoms with Crippen molar-refractivity contribution in [2.75, 3.05) is 23.3 Å². The molecule has 1 N–H and O–H groups in total. The molecular formula is C24H25N7. The van der Waals surface area contributed by atoms with E-state index in [1.165, 1.54) is 19.3 Å². The van der Waals surface area contributed by atoms with Gasteiger partial charge < -0.3 is 10.2 Å². The van der Waals surface area contributed by atoms with Crippen molar-refractivity contribution in [3.05, 3.63) is 79.0 Å². The molecule has 3 aromatic heterocycles. The van der Waals surface area contributed by atoms with Crippen LogP contribution in [0.15, 0.2) is 73.4 Å². The van der Waals surface area contributed by atoms with Crippen molar-refractivity contribution in [1.29, 1.82) is 0 Å². The maximum atomic E-state index is 4.86. The molecule has 1 aliphatic heterocycles. The van der Waals surface area contributed by atoms with Crippen LogP contribution >= 0.6 is 0 Å². The highest BCUT2D eigenvalue weighted by molar-refractivity contribution is 5.63. The first-order chi connectivity index (χ1) is 15.4. The highest BCUT2D eigenvalue weighted by Crippen LogP contribution is 2.25. The second kappa shape index (κ2) is 8.95. The molecule has 0 spiro atoms. The Bertz CT molecular complexity index is 1120. The zero-order chi connectivity index (χ0) is 20.9. The molecule has 0 bridgehead atoms. The summed E-state index contributed by atoms with van der Waals surface area (Å²) in [5, 5.41) is 8.33. The Kier molecular flexibility index (Phi) is 5.56. The molecule has 4 aromatic rings. The van der Waals surface area contributed by atoms with Crippen LogP contribution in [0.25, 0.3) is 16.9 Å². The molecule has 0 saturated carbocycles. The normalized spacial score (nSPS) is 13.9. The van der Waals surface area contributed by atoms with E-state index in [0.717, 1.165) is 47.2 Å². The molecule has 0 atom stereocenters. The smallest absolute Gasteiger partial charge is 0.134 e. The van der Waals surface area contributed by atoms with E-state index in [4.69, 9.17) is 5.10 Å². The predicted molar refractivity (Wildman–Crippen MR) is 122 cm³/mol. The number of nitrogens with one attached hydrogen (secondary N) is 1. The molecular weight excluding hydrogens is 386 g/mol. The van der Waals surface area contributed by atoms with E-state index in [1.54, 1.807) is 18.7 Å². The first kappa shape index (κ1) is 19.2. The van der Waals surface area contributed by atoms with Gasteiger partial charge in [-0.05, 0) is 43.5 Å². The summed E-state index contributed by atoms with van der Waals surface area (Å²) in [6.07, 6.45) is 11.1. The van der Waals surface area contributed by atoms with Crippen molar-refractivity contribution < 1.29 is 0 Å². The third-order valence-corrected chi connectivity index (χ3v) is 5.56. The molecule has 7 heteroatoms. The van der Waals surface area contributed by atoms with Crippen molar-refractivity contribution in [3.63, 3.8) is 0 Å². The number of benzene rings is 1. The van der Waals surface area contributed by atoms with E-state index < -0.39 is 0 Å². The summed E-state index contributed by atoms with van der Waals surface area (Å²) in [5.41, 5.74) is 4.09. The standard InChI is InChI=1S/C24H25N7/c1-3-7-21(8-4-1)31-17-20(24(29-31)19-9-11-25-12-10-19)16-26-22-15-23(28-18-27-22)30-13-5-2-6-14-30/h1,3-4,7-12,15,17-18H,2,5-6,13-14,16H2,(H,26,27,28). The lowest BCUT2D eigenvalue weighted by Gasteiger charge is -2.27. The summed E-state index contributed by atoms with van der Waals surface area (Å²) >= 11 is 0. The fourth-order valence-corrected chi connectivity index (χ4v) is 3.93. The molecule has 1 aromatic carbocycles. The Labute approximate surface area is 181 Å². The van der Waals surface area contributed by atoms with Gasteiger partial charge in [-0.2, -0.15) is 5.10 Å². The highest BCUT2D eigenvalue weighted by Gasteiger charge is 2.15. The number of rotatable bonds is 6. The summed E-state index contributed by atoms with van der Waals surface area (Å²) < 4.78 is 1.92. The molecule has 0 unspecified atom stereocenters. The van der Waals surface area contributed by atoms with Crippen LogP contribution in [-0.2, 0) is 6.54 Å². The molecule has 5 rings (SSSR count). The maximum absolute atomic E-state index is 4.86. The Hall–Kier alpha value is -3.74. The summed E-state index contributed by atoms with van der Waals surface area (Å²) in [5.74, 6) is 1.82. The van der Waals surface area contributed by atoms with Gasteiger partial charge in [-0.15, -0.1) is 0 Å². The zero-order valence-electron chi connectivity index (χ0n) is 17.4. The molecule has 1 fully saturated rings. The lowest BCUT2D eigenvalue weighted by Crippen LogP contribution is -2.30. The topological polar surface area (TPSA) is 71.8 Å². The Balaban J connectivity index is 1.40. The van der Waals surface area contributed by atoms with E-state index in [-0.39, 0.29) is 0 Å². The van der Waals surface area contributed by atoms with Crippen LogP contribution < -0.4 is 10.2 Å². The minimum atomic E-state index is 0.612. The highest BCUT2D eigenvalue weighted by atomic mass is 15.3. The fraction of sp³-hybridized carbons (Fsp3) is 0.250. The Morgan fingerprint density at radius 2 is 1.71 bits per heavy atom. The first-order valence-electron chi connectivity index (χ1n) is 10.7. The molecule has 7 nitrogen and oxygen atoms in total. The lowest BCUT2D eigenvalue weighted by atomic mass is 10.1. The van der Waals surface area contributed by atoms with Crippen molar-refractivity contribution in [3.8, 4) is 16.9 Å². The van der Waals surface area contributed by atoms with E-state index >= 15 is 0 Å². The van der Waals surface area contributed by atoms with Crippen LogP contribution in [-0.4, -0.2) is 37.8 Å².